The molecular weight excluding hydrogens is 494 g/mol. The van der Waals surface area contributed by atoms with Gasteiger partial charge in [0.15, 0.2) is 11.6 Å². The number of carbonyl (C=O) groups excluding carboxylic acids is 3. The number of likely N-dealkylation sites (N-methyl/N-ethyl adjacent to an activating group) is 3. The summed E-state index contributed by atoms with van der Waals surface area (Å²) in [5.41, 5.74) is -5.37. The zero-order chi connectivity index (χ0) is 30.0. The largest absolute Gasteiger partial charge is 0.478 e. The molecule has 11 nitrogen and oxygen atoms in total. The van der Waals surface area contributed by atoms with Crippen LogP contribution < -0.4 is 16.0 Å². The standard InChI is InChI=1S/C27H51N3O8/c1-11-15(3)20(29-9)23(34)26(13-17(5)31,22(33)19(7)28-8)27(25(36)37,14-18(6)32)38-24(35)21(30-10)16(4)12-2/h15-21,28-32H,11-14H2,1-10H3,(H,36,37)/t15-,16+,17?,18?,19-,20-,21+,26?,27?/m1/s1. The van der Waals surface area contributed by atoms with Crippen LogP contribution in [0, 0.1) is 17.3 Å². The lowest BCUT2D eigenvalue weighted by atomic mass is 9.57. The molecule has 6 N–H and O–H groups in total. The van der Waals surface area contributed by atoms with Gasteiger partial charge in [0.2, 0.25) is 5.60 Å². The summed E-state index contributed by atoms with van der Waals surface area (Å²) in [4.78, 5) is 55.7. The van der Waals surface area contributed by atoms with Crippen molar-refractivity contribution in [3.8, 4) is 0 Å². The third-order valence-electron chi connectivity index (χ3n) is 7.75. The van der Waals surface area contributed by atoms with E-state index < -0.39 is 77.7 Å². The van der Waals surface area contributed by atoms with Crippen LogP contribution in [0.3, 0.4) is 0 Å². The number of ether oxygens (including phenoxy) is 1. The predicted octanol–water partition coefficient (Wildman–Crippen LogP) is 0.896. The van der Waals surface area contributed by atoms with E-state index in [1.807, 2.05) is 13.8 Å². The second-order valence-electron chi connectivity index (χ2n) is 10.6. The van der Waals surface area contributed by atoms with Gasteiger partial charge in [0.05, 0.1) is 24.3 Å². The quantitative estimate of drug-likeness (QED) is 0.100. The van der Waals surface area contributed by atoms with Crippen LogP contribution in [0.5, 0.6) is 0 Å². The summed E-state index contributed by atoms with van der Waals surface area (Å²) in [6.45, 7) is 11.4. The molecule has 0 aromatic heterocycles. The summed E-state index contributed by atoms with van der Waals surface area (Å²) in [6.07, 6.45) is -3.02. The zero-order valence-corrected chi connectivity index (χ0v) is 24.8. The summed E-state index contributed by atoms with van der Waals surface area (Å²) in [6, 6.07) is -3.00. The fourth-order valence-corrected chi connectivity index (χ4v) is 5.14. The fraction of sp³-hybridized carbons (Fsp3) is 0.852. The first-order valence-corrected chi connectivity index (χ1v) is 13.5. The number of nitrogens with one attached hydrogen (secondary N) is 3. The van der Waals surface area contributed by atoms with Crippen LogP contribution >= 0.6 is 0 Å². The third-order valence-corrected chi connectivity index (χ3v) is 7.75. The molecule has 11 heteroatoms. The average molecular weight is 546 g/mol. The van der Waals surface area contributed by atoms with Gasteiger partial charge in [-0.2, -0.15) is 0 Å². The van der Waals surface area contributed by atoms with Gasteiger partial charge in [0, 0.05) is 6.42 Å². The molecule has 0 aliphatic heterocycles. The Morgan fingerprint density at radius 1 is 0.737 bits per heavy atom. The van der Waals surface area contributed by atoms with Crippen molar-refractivity contribution < 1.29 is 39.2 Å². The molecule has 38 heavy (non-hydrogen) atoms. The SMILES string of the molecule is CC[C@@H](C)[C@@H](NC)C(=O)C(CC(C)O)(C(=O)[C@@H](C)NC)C(CC(C)O)(OC(=O)[C@@H](NC)[C@@H](C)CC)C(=O)O. The summed E-state index contributed by atoms with van der Waals surface area (Å²) >= 11 is 0. The van der Waals surface area contributed by atoms with Gasteiger partial charge in [-0.25, -0.2) is 4.79 Å². The minimum atomic E-state index is -2.82. The highest BCUT2D eigenvalue weighted by Crippen LogP contribution is 2.47. The maximum atomic E-state index is 14.6. The molecule has 0 rings (SSSR count). The minimum absolute atomic E-state index is 0.274. The first-order valence-electron chi connectivity index (χ1n) is 13.5. The van der Waals surface area contributed by atoms with E-state index in [0.717, 1.165) is 0 Å². The molecule has 0 aromatic rings. The number of hydrogen-bond acceptors (Lipinski definition) is 10. The lowest BCUT2D eigenvalue weighted by Gasteiger charge is -2.49. The molecule has 9 atom stereocenters. The molecular formula is C27H51N3O8. The Kier molecular flexibility index (Phi) is 14.8. The first-order chi connectivity index (χ1) is 17.6. The van der Waals surface area contributed by atoms with E-state index in [9.17, 15) is 34.5 Å². The Labute approximate surface area is 227 Å². The van der Waals surface area contributed by atoms with Gasteiger partial charge < -0.3 is 36.0 Å². The molecule has 0 heterocycles. The van der Waals surface area contributed by atoms with Gasteiger partial charge in [0.1, 0.15) is 11.5 Å². The number of esters is 1. The van der Waals surface area contributed by atoms with Crippen molar-refractivity contribution in [1.29, 1.82) is 0 Å². The number of hydrogen-bond donors (Lipinski definition) is 6. The molecule has 0 aromatic carbocycles. The summed E-state index contributed by atoms with van der Waals surface area (Å²) in [7, 11) is 4.53. The lowest BCUT2D eigenvalue weighted by molar-refractivity contribution is -0.209. The van der Waals surface area contributed by atoms with E-state index in [2.05, 4.69) is 16.0 Å². The third kappa shape index (κ3) is 7.59. The number of carbonyl (C=O) groups is 4. The number of carboxylic acids is 1. The highest BCUT2D eigenvalue weighted by Gasteiger charge is 2.70. The Balaban J connectivity index is 7.87. The minimum Gasteiger partial charge on any atom is -0.478 e. The van der Waals surface area contributed by atoms with Crippen molar-refractivity contribution in [2.24, 2.45) is 17.3 Å². The molecule has 0 fully saturated rings. The van der Waals surface area contributed by atoms with Gasteiger partial charge >= 0.3 is 11.9 Å². The van der Waals surface area contributed by atoms with E-state index in [1.165, 1.54) is 41.9 Å². The molecule has 0 saturated heterocycles. The Morgan fingerprint density at radius 2 is 1.18 bits per heavy atom. The highest BCUT2D eigenvalue weighted by molar-refractivity contribution is 6.16. The number of ketones is 2. The van der Waals surface area contributed by atoms with Gasteiger partial charge in [-0.15, -0.1) is 0 Å². The number of aliphatic hydroxyl groups excluding tert-OH is 2. The monoisotopic (exact) mass is 545 g/mol. The molecule has 0 radical (unpaired) electrons. The van der Waals surface area contributed by atoms with E-state index in [-0.39, 0.29) is 11.8 Å². The first kappa shape index (κ1) is 36.1. The molecule has 0 aliphatic carbocycles. The molecule has 0 saturated carbocycles. The topological polar surface area (TPSA) is 174 Å². The normalized spacial score (nSPS) is 20.5. The molecule has 4 unspecified atom stereocenters. The van der Waals surface area contributed by atoms with E-state index in [1.54, 1.807) is 13.8 Å². The van der Waals surface area contributed by atoms with Crippen molar-refractivity contribution in [1.82, 2.24) is 16.0 Å². The molecule has 0 bridgehead atoms. The van der Waals surface area contributed by atoms with Gasteiger partial charge in [-0.3, -0.25) is 14.4 Å². The van der Waals surface area contributed by atoms with E-state index >= 15 is 0 Å². The van der Waals surface area contributed by atoms with Gasteiger partial charge in [-0.1, -0.05) is 40.5 Å². The second-order valence-corrected chi connectivity index (χ2v) is 10.6. The van der Waals surface area contributed by atoms with Crippen molar-refractivity contribution in [2.45, 2.75) is 110 Å². The Hall–Kier alpha value is -1.92. The smallest absolute Gasteiger partial charge is 0.349 e. The van der Waals surface area contributed by atoms with Crippen LogP contribution in [-0.4, -0.2) is 95.9 Å². The fourth-order valence-electron chi connectivity index (χ4n) is 5.14. The average Bonchev–Trinajstić information content (AvgIpc) is 2.85. The van der Waals surface area contributed by atoms with Gasteiger partial charge in [-0.05, 0) is 60.2 Å². The lowest BCUT2D eigenvalue weighted by Crippen LogP contribution is -2.71. The maximum Gasteiger partial charge on any atom is 0.349 e. The van der Waals surface area contributed by atoms with Crippen molar-refractivity contribution >= 4 is 23.5 Å². The van der Waals surface area contributed by atoms with Crippen LogP contribution in [0.1, 0.15) is 74.1 Å². The molecule has 0 spiro atoms. The molecule has 222 valence electrons. The summed E-state index contributed by atoms with van der Waals surface area (Å²) in [5, 5.41) is 40.5. The van der Waals surface area contributed by atoms with Crippen molar-refractivity contribution in [3.05, 3.63) is 0 Å². The second kappa shape index (κ2) is 15.6. The van der Waals surface area contributed by atoms with Crippen molar-refractivity contribution in [3.63, 3.8) is 0 Å². The number of aliphatic hydroxyl groups is 2. The highest BCUT2D eigenvalue weighted by atomic mass is 16.6. The van der Waals surface area contributed by atoms with Crippen LogP contribution in [0.2, 0.25) is 0 Å². The van der Waals surface area contributed by atoms with Crippen molar-refractivity contribution in [2.75, 3.05) is 21.1 Å². The maximum absolute atomic E-state index is 14.6. The van der Waals surface area contributed by atoms with Crippen LogP contribution in [-0.2, 0) is 23.9 Å². The van der Waals surface area contributed by atoms with Crippen LogP contribution in [0.25, 0.3) is 0 Å². The number of carboxylic acid groups (broad SMARTS) is 1. The van der Waals surface area contributed by atoms with E-state index in [0.29, 0.717) is 12.8 Å². The Morgan fingerprint density at radius 3 is 1.53 bits per heavy atom. The number of rotatable bonds is 19. The number of aliphatic carboxylic acids is 1. The number of Topliss-reactive ketones (excluding diaryl/α,β-unsaturated/α-hetero) is 2. The van der Waals surface area contributed by atoms with Gasteiger partial charge in [0.25, 0.3) is 0 Å². The van der Waals surface area contributed by atoms with Crippen LogP contribution in [0.4, 0.5) is 0 Å². The molecule has 0 amide bonds. The Bertz CT molecular complexity index is 805. The summed E-state index contributed by atoms with van der Waals surface area (Å²) in [5.74, 6) is -5.00. The van der Waals surface area contributed by atoms with E-state index in [4.69, 9.17) is 4.74 Å². The zero-order valence-electron chi connectivity index (χ0n) is 24.8. The summed E-state index contributed by atoms with van der Waals surface area (Å²) < 4.78 is 5.83. The van der Waals surface area contributed by atoms with Crippen LogP contribution in [0.15, 0.2) is 0 Å². The predicted molar refractivity (Wildman–Crippen MR) is 145 cm³/mol. The molecule has 0 aliphatic rings.